The van der Waals surface area contributed by atoms with E-state index in [1.165, 1.54) is 0 Å². The van der Waals surface area contributed by atoms with Gasteiger partial charge < -0.3 is 4.74 Å². The van der Waals surface area contributed by atoms with Crippen LogP contribution >= 0.6 is 0 Å². The lowest BCUT2D eigenvalue weighted by atomic mass is 9.99. The van der Waals surface area contributed by atoms with E-state index in [1.807, 2.05) is 60.7 Å². The van der Waals surface area contributed by atoms with Crippen molar-refractivity contribution in [3.05, 3.63) is 71.3 Å². The first-order valence-corrected chi connectivity index (χ1v) is 6.37. The molecule has 1 aliphatic rings. The van der Waals surface area contributed by atoms with Crippen molar-refractivity contribution in [1.29, 1.82) is 0 Å². The fraction of sp³-hybridized carbons (Fsp3) is 0.118. The highest BCUT2D eigenvalue weighted by Crippen LogP contribution is 2.27. The van der Waals surface area contributed by atoms with Crippen molar-refractivity contribution in [2.45, 2.75) is 6.42 Å². The number of para-hydroxylation sites is 1. The van der Waals surface area contributed by atoms with Gasteiger partial charge in [0.1, 0.15) is 5.75 Å². The van der Waals surface area contributed by atoms with Crippen molar-refractivity contribution < 1.29 is 9.53 Å². The molecule has 0 amide bonds. The molecule has 2 nitrogen and oxygen atoms in total. The van der Waals surface area contributed by atoms with Crippen LogP contribution in [0.3, 0.4) is 0 Å². The van der Waals surface area contributed by atoms with Gasteiger partial charge in [-0.1, -0.05) is 42.5 Å². The molecular formula is C17H14O2. The lowest BCUT2D eigenvalue weighted by molar-refractivity contribution is 0.103. The number of Topliss-reactive ketones (excluding diaryl/α,β-unsaturated/α-hetero) is 1. The normalized spacial score (nSPS) is 16.6. The summed E-state index contributed by atoms with van der Waals surface area (Å²) < 4.78 is 5.63. The summed E-state index contributed by atoms with van der Waals surface area (Å²) >= 11 is 0. The average molecular weight is 250 g/mol. The average Bonchev–Trinajstić information content (AvgIpc) is 2.61. The van der Waals surface area contributed by atoms with Gasteiger partial charge in [0.2, 0.25) is 0 Å². The first-order chi connectivity index (χ1) is 9.34. The van der Waals surface area contributed by atoms with Gasteiger partial charge in [0.25, 0.3) is 0 Å². The second-order valence-corrected chi connectivity index (χ2v) is 4.50. The number of hydrogen-bond acceptors (Lipinski definition) is 2. The molecule has 3 rings (SSSR count). The van der Waals surface area contributed by atoms with Crippen LogP contribution in [0.4, 0.5) is 0 Å². The fourth-order valence-corrected chi connectivity index (χ4v) is 2.23. The SMILES string of the molecule is O=C1/C(=C/c2ccccc2)CCOc2ccccc21. The quantitative estimate of drug-likeness (QED) is 0.721. The molecule has 94 valence electrons. The van der Waals surface area contributed by atoms with Gasteiger partial charge in [-0.15, -0.1) is 0 Å². The van der Waals surface area contributed by atoms with Gasteiger partial charge in [-0.25, -0.2) is 0 Å². The minimum Gasteiger partial charge on any atom is -0.492 e. The van der Waals surface area contributed by atoms with Crippen LogP contribution in [0, 0.1) is 0 Å². The van der Waals surface area contributed by atoms with Crippen molar-refractivity contribution in [3.63, 3.8) is 0 Å². The van der Waals surface area contributed by atoms with E-state index in [4.69, 9.17) is 4.74 Å². The van der Waals surface area contributed by atoms with E-state index in [9.17, 15) is 4.79 Å². The van der Waals surface area contributed by atoms with Crippen molar-refractivity contribution in [2.24, 2.45) is 0 Å². The topological polar surface area (TPSA) is 26.3 Å². The predicted octanol–water partition coefficient (Wildman–Crippen LogP) is 3.74. The second kappa shape index (κ2) is 5.11. The van der Waals surface area contributed by atoms with Crippen LogP contribution in [0.1, 0.15) is 22.3 Å². The molecule has 19 heavy (non-hydrogen) atoms. The fourth-order valence-electron chi connectivity index (χ4n) is 2.23. The van der Waals surface area contributed by atoms with Crippen molar-refractivity contribution >= 4 is 11.9 Å². The number of benzene rings is 2. The standard InChI is InChI=1S/C17H14O2/c18-17-14(12-13-6-2-1-3-7-13)10-11-19-16-9-5-4-8-15(16)17/h1-9,12H,10-11H2/b14-12+. The number of carbonyl (C=O) groups excluding carboxylic acids is 1. The highest BCUT2D eigenvalue weighted by atomic mass is 16.5. The molecule has 0 aliphatic carbocycles. The maximum atomic E-state index is 12.5. The summed E-state index contributed by atoms with van der Waals surface area (Å²) in [5, 5.41) is 0. The van der Waals surface area contributed by atoms with Crippen LogP contribution in [0.2, 0.25) is 0 Å². The van der Waals surface area contributed by atoms with Crippen LogP contribution in [0.5, 0.6) is 5.75 Å². The van der Waals surface area contributed by atoms with E-state index in [-0.39, 0.29) is 5.78 Å². The molecule has 0 radical (unpaired) electrons. The van der Waals surface area contributed by atoms with Crippen LogP contribution in [-0.4, -0.2) is 12.4 Å². The van der Waals surface area contributed by atoms with E-state index in [2.05, 4.69) is 0 Å². The number of carbonyl (C=O) groups is 1. The van der Waals surface area contributed by atoms with Crippen LogP contribution in [0.15, 0.2) is 60.2 Å². The van der Waals surface area contributed by atoms with Gasteiger partial charge >= 0.3 is 0 Å². The Balaban J connectivity index is 2.01. The Hall–Kier alpha value is -2.35. The van der Waals surface area contributed by atoms with Gasteiger partial charge in [-0.05, 0) is 23.8 Å². The Bertz CT molecular complexity index is 627. The highest BCUT2D eigenvalue weighted by molar-refractivity contribution is 6.13. The van der Waals surface area contributed by atoms with Gasteiger partial charge in [0.15, 0.2) is 5.78 Å². The van der Waals surface area contributed by atoms with Gasteiger partial charge in [-0.2, -0.15) is 0 Å². The maximum absolute atomic E-state index is 12.5. The van der Waals surface area contributed by atoms with Gasteiger partial charge in [0.05, 0.1) is 12.2 Å². The van der Waals surface area contributed by atoms with Crippen LogP contribution in [0.25, 0.3) is 6.08 Å². The molecule has 1 aliphatic heterocycles. The molecule has 2 heteroatoms. The summed E-state index contributed by atoms with van der Waals surface area (Å²) in [4.78, 5) is 12.5. The Kier molecular flexibility index (Phi) is 3.15. The smallest absolute Gasteiger partial charge is 0.192 e. The Morgan fingerprint density at radius 3 is 2.53 bits per heavy atom. The van der Waals surface area contributed by atoms with Gasteiger partial charge in [-0.3, -0.25) is 4.79 Å². The lowest BCUT2D eigenvalue weighted by Gasteiger charge is -2.04. The van der Waals surface area contributed by atoms with Gasteiger partial charge in [0, 0.05) is 12.0 Å². The summed E-state index contributed by atoms with van der Waals surface area (Å²) in [7, 11) is 0. The maximum Gasteiger partial charge on any atom is 0.192 e. The monoisotopic (exact) mass is 250 g/mol. The zero-order chi connectivity index (χ0) is 13.1. The molecule has 0 unspecified atom stereocenters. The molecule has 0 saturated heterocycles. The molecule has 0 N–H and O–H groups in total. The predicted molar refractivity (Wildman–Crippen MR) is 75.3 cm³/mol. The van der Waals surface area contributed by atoms with E-state index in [0.717, 1.165) is 11.1 Å². The molecule has 0 fully saturated rings. The number of fused-ring (bicyclic) bond motifs is 1. The first kappa shape index (κ1) is 11.7. The zero-order valence-corrected chi connectivity index (χ0v) is 10.5. The largest absolute Gasteiger partial charge is 0.492 e. The number of hydrogen-bond donors (Lipinski definition) is 0. The number of rotatable bonds is 1. The molecule has 0 bridgehead atoms. The van der Waals surface area contributed by atoms with E-state index in [0.29, 0.717) is 24.3 Å². The third-order valence-corrected chi connectivity index (χ3v) is 3.19. The summed E-state index contributed by atoms with van der Waals surface area (Å²) in [6.45, 7) is 0.543. The number of ether oxygens (including phenoxy) is 1. The number of ketones is 1. The summed E-state index contributed by atoms with van der Waals surface area (Å²) in [6, 6.07) is 17.3. The van der Waals surface area contributed by atoms with E-state index >= 15 is 0 Å². The van der Waals surface area contributed by atoms with Crippen molar-refractivity contribution in [2.75, 3.05) is 6.61 Å². The third-order valence-electron chi connectivity index (χ3n) is 3.19. The van der Waals surface area contributed by atoms with E-state index < -0.39 is 0 Å². The Labute approximate surface area is 112 Å². The molecule has 0 spiro atoms. The first-order valence-electron chi connectivity index (χ1n) is 6.37. The summed E-state index contributed by atoms with van der Waals surface area (Å²) in [6.07, 6.45) is 2.59. The molecule has 0 atom stereocenters. The minimum atomic E-state index is 0.0666. The molecule has 2 aromatic carbocycles. The minimum absolute atomic E-state index is 0.0666. The Morgan fingerprint density at radius 2 is 1.68 bits per heavy atom. The zero-order valence-electron chi connectivity index (χ0n) is 10.5. The van der Waals surface area contributed by atoms with E-state index in [1.54, 1.807) is 0 Å². The lowest BCUT2D eigenvalue weighted by Crippen LogP contribution is -2.01. The molecule has 0 aromatic heterocycles. The van der Waals surface area contributed by atoms with Crippen LogP contribution in [-0.2, 0) is 0 Å². The van der Waals surface area contributed by atoms with Crippen molar-refractivity contribution in [1.82, 2.24) is 0 Å². The third kappa shape index (κ3) is 2.43. The highest BCUT2D eigenvalue weighted by Gasteiger charge is 2.20. The van der Waals surface area contributed by atoms with Crippen LogP contribution < -0.4 is 4.74 Å². The van der Waals surface area contributed by atoms with Crippen molar-refractivity contribution in [3.8, 4) is 5.75 Å². The summed E-state index contributed by atoms with van der Waals surface area (Å²) in [5.74, 6) is 0.751. The molecular weight excluding hydrogens is 236 g/mol. The molecule has 1 heterocycles. The Morgan fingerprint density at radius 1 is 0.947 bits per heavy atom. The summed E-state index contributed by atoms with van der Waals surface area (Å²) in [5.41, 5.74) is 2.50. The second-order valence-electron chi connectivity index (χ2n) is 4.50. The molecule has 2 aromatic rings. The molecule has 0 saturated carbocycles.